The number of rotatable bonds is 4. The molecule has 4 rings (SSSR count). The molecule has 2 heterocycles. The molecule has 0 aliphatic heterocycles. The summed E-state index contributed by atoms with van der Waals surface area (Å²) in [5.74, 6) is 0.652. The summed E-state index contributed by atoms with van der Waals surface area (Å²) in [5, 5.41) is 15.7. The summed E-state index contributed by atoms with van der Waals surface area (Å²) in [7, 11) is 0. The molecule has 8 heteroatoms. The molecule has 0 saturated heterocycles. The van der Waals surface area contributed by atoms with E-state index < -0.39 is 10.5 Å². The predicted molar refractivity (Wildman–Crippen MR) is 97.3 cm³/mol. The summed E-state index contributed by atoms with van der Waals surface area (Å²) in [4.78, 5) is 29.3. The maximum absolute atomic E-state index is 11.9. The molecule has 0 aliphatic carbocycles. The molecule has 0 unspecified atom stereocenters. The van der Waals surface area contributed by atoms with Crippen molar-refractivity contribution in [2.75, 3.05) is 5.32 Å². The first-order valence-electron chi connectivity index (χ1n) is 7.94. The van der Waals surface area contributed by atoms with Crippen molar-refractivity contribution in [1.82, 2.24) is 9.97 Å². The van der Waals surface area contributed by atoms with Gasteiger partial charge in [-0.2, -0.15) is 0 Å². The molecule has 130 valence electrons. The van der Waals surface area contributed by atoms with Gasteiger partial charge in [0, 0.05) is 11.5 Å². The first kappa shape index (κ1) is 15.8. The first-order valence-corrected chi connectivity index (χ1v) is 7.94. The number of furan rings is 1. The Morgan fingerprint density at radius 2 is 2.08 bits per heavy atom. The van der Waals surface area contributed by atoms with E-state index in [9.17, 15) is 14.9 Å². The van der Waals surface area contributed by atoms with Crippen LogP contribution in [0.5, 0.6) is 0 Å². The van der Waals surface area contributed by atoms with Gasteiger partial charge in [0.2, 0.25) is 0 Å². The lowest BCUT2D eigenvalue weighted by molar-refractivity contribution is -0.383. The van der Waals surface area contributed by atoms with Gasteiger partial charge < -0.3 is 14.7 Å². The van der Waals surface area contributed by atoms with E-state index >= 15 is 0 Å². The number of nitrogens with one attached hydrogen (secondary N) is 2. The second-order valence-corrected chi connectivity index (χ2v) is 5.93. The molecular weight excluding hydrogens is 336 g/mol. The number of nitrogens with zero attached hydrogens (tertiary/aromatic N) is 2. The minimum Gasteiger partial charge on any atom is -0.459 e. The molecular formula is C18H14N4O4. The van der Waals surface area contributed by atoms with Crippen molar-refractivity contribution in [3.63, 3.8) is 0 Å². The number of anilines is 1. The van der Waals surface area contributed by atoms with Crippen LogP contribution in [0.1, 0.15) is 18.7 Å². The highest BCUT2D eigenvalue weighted by atomic mass is 16.6. The van der Waals surface area contributed by atoms with Crippen LogP contribution in [0.4, 0.5) is 11.4 Å². The normalized spacial score (nSPS) is 12.3. The Morgan fingerprint density at radius 3 is 2.85 bits per heavy atom. The Balaban J connectivity index is 1.76. The second kappa shape index (κ2) is 5.99. The van der Waals surface area contributed by atoms with Crippen LogP contribution in [0.15, 0.2) is 58.0 Å². The number of benzene rings is 2. The van der Waals surface area contributed by atoms with Crippen LogP contribution in [-0.4, -0.2) is 14.9 Å². The Morgan fingerprint density at radius 1 is 1.27 bits per heavy atom. The number of nitro groups is 1. The third-order valence-corrected chi connectivity index (χ3v) is 4.20. The third kappa shape index (κ3) is 2.67. The summed E-state index contributed by atoms with van der Waals surface area (Å²) < 4.78 is 5.81. The topological polar surface area (TPSA) is 114 Å². The van der Waals surface area contributed by atoms with Crippen molar-refractivity contribution >= 4 is 33.2 Å². The highest BCUT2D eigenvalue weighted by Gasteiger charge is 2.20. The quantitative estimate of drug-likeness (QED) is 0.428. The molecule has 1 atom stereocenters. The van der Waals surface area contributed by atoms with Gasteiger partial charge >= 0.3 is 0 Å². The number of para-hydroxylation sites is 1. The molecule has 0 bridgehead atoms. The number of hydrogen-bond donors (Lipinski definition) is 2. The van der Waals surface area contributed by atoms with Crippen molar-refractivity contribution in [3.05, 3.63) is 75.0 Å². The predicted octanol–water partition coefficient (Wildman–Crippen LogP) is 3.75. The molecule has 4 aromatic rings. The first-order chi connectivity index (χ1) is 12.5. The molecule has 2 aromatic carbocycles. The SMILES string of the molecule is C[C@@H](Nc1cc2nc[nH]c(=O)c2cc1[N+](=O)[O-])c1cc2ccccc2o1. The molecule has 26 heavy (non-hydrogen) atoms. The Bertz CT molecular complexity index is 1160. The number of aromatic nitrogens is 2. The van der Waals surface area contributed by atoms with E-state index in [4.69, 9.17) is 4.42 Å². The lowest BCUT2D eigenvalue weighted by atomic mass is 10.1. The van der Waals surface area contributed by atoms with Crippen LogP contribution >= 0.6 is 0 Å². The summed E-state index contributed by atoms with van der Waals surface area (Å²) in [6.45, 7) is 1.84. The van der Waals surface area contributed by atoms with E-state index in [0.717, 1.165) is 11.0 Å². The molecule has 2 aromatic heterocycles. The molecule has 0 radical (unpaired) electrons. The fourth-order valence-corrected chi connectivity index (χ4v) is 2.89. The molecule has 0 aliphatic rings. The molecule has 2 N–H and O–H groups in total. The Labute approximate surface area is 146 Å². The van der Waals surface area contributed by atoms with Gasteiger partial charge in [0.1, 0.15) is 17.0 Å². The van der Waals surface area contributed by atoms with Crippen molar-refractivity contribution in [2.45, 2.75) is 13.0 Å². The summed E-state index contributed by atoms with van der Waals surface area (Å²) in [6.07, 6.45) is 1.27. The van der Waals surface area contributed by atoms with Crippen LogP contribution < -0.4 is 10.9 Å². The summed E-state index contributed by atoms with van der Waals surface area (Å²) >= 11 is 0. The van der Waals surface area contributed by atoms with E-state index in [-0.39, 0.29) is 22.8 Å². The molecule has 8 nitrogen and oxygen atoms in total. The Kier molecular flexibility index (Phi) is 3.65. The van der Waals surface area contributed by atoms with Crippen molar-refractivity contribution in [1.29, 1.82) is 0 Å². The average Bonchev–Trinajstić information content (AvgIpc) is 3.05. The smallest absolute Gasteiger partial charge is 0.293 e. The number of H-pyrrole nitrogens is 1. The third-order valence-electron chi connectivity index (χ3n) is 4.20. The number of aromatic amines is 1. The van der Waals surface area contributed by atoms with Gasteiger partial charge in [0.25, 0.3) is 11.2 Å². The highest BCUT2D eigenvalue weighted by molar-refractivity contribution is 5.86. The average molecular weight is 350 g/mol. The minimum atomic E-state index is -0.528. The van der Waals surface area contributed by atoms with E-state index in [1.165, 1.54) is 18.5 Å². The van der Waals surface area contributed by atoms with E-state index in [0.29, 0.717) is 11.3 Å². The Hall–Kier alpha value is -3.68. The van der Waals surface area contributed by atoms with Gasteiger partial charge in [-0.3, -0.25) is 14.9 Å². The van der Waals surface area contributed by atoms with Crippen LogP contribution in [0, 0.1) is 10.1 Å². The number of fused-ring (bicyclic) bond motifs is 2. The fraction of sp³-hybridized carbons (Fsp3) is 0.111. The van der Waals surface area contributed by atoms with Crippen LogP contribution in [-0.2, 0) is 0 Å². The van der Waals surface area contributed by atoms with Crippen LogP contribution in [0.2, 0.25) is 0 Å². The standard InChI is InChI=1S/C18H14N4O4/c1-10(17-6-11-4-2-3-5-16(11)26-17)21-14-8-13-12(7-15(14)22(24)25)18(23)20-9-19-13/h2-10,21H,1H3,(H,19,20,23)/t10-/m1/s1. The molecule has 0 spiro atoms. The van der Waals surface area contributed by atoms with Crippen molar-refractivity contribution in [2.24, 2.45) is 0 Å². The zero-order valence-electron chi connectivity index (χ0n) is 13.7. The van der Waals surface area contributed by atoms with E-state index in [1.54, 1.807) is 0 Å². The van der Waals surface area contributed by atoms with Gasteiger partial charge in [-0.05, 0) is 25.1 Å². The zero-order chi connectivity index (χ0) is 18.3. The molecule has 0 saturated carbocycles. The second-order valence-electron chi connectivity index (χ2n) is 5.93. The lowest BCUT2D eigenvalue weighted by Crippen LogP contribution is -2.10. The largest absolute Gasteiger partial charge is 0.459 e. The van der Waals surface area contributed by atoms with Crippen LogP contribution in [0.3, 0.4) is 0 Å². The molecule has 0 fully saturated rings. The van der Waals surface area contributed by atoms with Crippen molar-refractivity contribution in [3.8, 4) is 0 Å². The highest BCUT2D eigenvalue weighted by Crippen LogP contribution is 2.32. The van der Waals surface area contributed by atoms with Gasteiger partial charge in [0.15, 0.2) is 0 Å². The fourth-order valence-electron chi connectivity index (χ4n) is 2.89. The van der Waals surface area contributed by atoms with E-state index in [2.05, 4.69) is 15.3 Å². The van der Waals surface area contributed by atoms with E-state index in [1.807, 2.05) is 37.3 Å². The van der Waals surface area contributed by atoms with Gasteiger partial charge in [-0.1, -0.05) is 18.2 Å². The van der Waals surface area contributed by atoms with Crippen molar-refractivity contribution < 1.29 is 9.34 Å². The monoisotopic (exact) mass is 350 g/mol. The van der Waals surface area contributed by atoms with Gasteiger partial charge in [0.05, 0.1) is 28.2 Å². The van der Waals surface area contributed by atoms with Crippen LogP contribution in [0.25, 0.3) is 21.9 Å². The lowest BCUT2D eigenvalue weighted by Gasteiger charge is -2.13. The number of hydrogen-bond acceptors (Lipinski definition) is 6. The molecule has 0 amide bonds. The summed E-state index contributed by atoms with van der Waals surface area (Å²) in [6, 6.07) is 11.9. The van der Waals surface area contributed by atoms with Gasteiger partial charge in [-0.15, -0.1) is 0 Å². The van der Waals surface area contributed by atoms with Gasteiger partial charge in [-0.25, -0.2) is 4.98 Å². The maximum Gasteiger partial charge on any atom is 0.293 e. The number of nitro benzene ring substituents is 1. The summed E-state index contributed by atoms with van der Waals surface area (Å²) in [5.41, 5.74) is 0.776. The maximum atomic E-state index is 11.9. The zero-order valence-corrected chi connectivity index (χ0v) is 13.7. The minimum absolute atomic E-state index is 0.168.